The van der Waals surface area contributed by atoms with E-state index in [1.54, 1.807) is 24.4 Å². The van der Waals surface area contributed by atoms with Crippen LogP contribution in [0.15, 0.2) is 60.9 Å². The van der Waals surface area contributed by atoms with Crippen LogP contribution in [0.5, 0.6) is 0 Å². The summed E-state index contributed by atoms with van der Waals surface area (Å²) in [5.41, 5.74) is 3.26. The molecule has 0 bridgehead atoms. The van der Waals surface area contributed by atoms with Gasteiger partial charge in [0.1, 0.15) is 5.82 Å². The van der Waals surface area contributed by atoms with Gasteiger partial charge in [-0.15, -0.1) is 0 Å². The predicted molar refractivity (Wildman–Crippen MR) is 98.1 cm³/mol. The molecule has 0 aliphatic rings. The summed E-state index contributed by atoms with van der Waals surface area (Å²) in [6.07, 6.45) is 3.07. The van der Waals surface area contributed by atoms with Crippen LogP contribution >= 0.6 is 11.6 Å². The molecule has 0 aliphatic carbocycles. The Bertz CT molecular complexity index is 930. The molecule has 0 saturated heterocycles. The summed E-state index contributed by atoms with van der Waals surface area (Å²) in [4.78, 5) is 16.4. The molecule has 0 radical (unpaired) electrons. The Kier molecular flexibility index (Phi) is 4.95. The van der Waals surface area contributed by atoms with Crippen molar-refractivity contribution in [1.29, 1.82) is 0 Å². The number of benzene rings is 2. The highest BCUT2D eigenvalue weighted by atomic mass is 35.5. The average Bonchev–Trinajstić information content (AvgIpc) is 2.58. The average molecular weight is 356 g/mol. The number of nitrogens with zero attached hydrogens (tertiary/aromatic N) is 1. The fourth-order valence-electron chi connectivity index (χ4n) is 2.32. The molecule has 4 nitrogen and oxygen atoms in total. The number of amides is 1. The number of aryl methyl sites for hydroxylation is 1. The number of hydrogen-bond acceptors (Lipinski definition) is 3. The second-order valence-electron chi connectivity index (χ2n) is 5.51. The van der Waals surface area contributed by atoms with E-state index < -0.39 is 5.82 Å². The molecule has 3 aromatic rings. The van der Waals surface area contributed by atoms with E-state index >= 15 is 0 Å². The van der Waals surface area contributed by atoms with Crippen molar-refractivity contribution < 1.29 is 9.18 Å². The molecule has 25 heavy (non-hydrogen) atoms. The largest absolute Gasteiger partial charge is 0.354 e. The van der Waals surface area contributed by atoms with Crippen molar-refractivity contribution in [2.24, 2.45) is 0 Å². The van der Waals surface area contributed by atoms with Gasteiger partial charge >= 0.3 is 0 Å². The van der Waals surface area contributed by atoms with Crippen LogP contribution in [0, 0.1) is 12.7 Å². The number of aromatic nitrogens is 1. The summed E-state index contributed by atoms with van der Waals surface area (Å²) >= 11 is 5.96. The van der Waals surface area contributed by atoms with E-state index in [-0.39, 0.29) is 5.91 Å². The number of nitrogens with one attached hydrogen (secondary N) is 2. The maximum Gasteiger partial charge on any atom is 0.257 e. The van der Waals surface area contributed by atoms with E-state index in [1.165, 1.54) is 24.4 Å². The third-order valence-electron chi connectivity index (χ3n) is 3.55. The molecule has 2 N–H and O–H groups in total. The smallest absolute Gasteiger partial charge is 0.257 e. The maximum atomic E-state index is 13.2. The van der Waals surface area contributed by atoms with E-state index in [9.17, 15) is 9.18 Å². The molecule has 1 amide bonds. The second-order valence-corrected chi connectivity index (χ2v) is 5.95. The Morgan fingerprint density at radius 2 is 1.92 bits per heavy atom. The molecule has 0 aliphatic heterocycles. The normalized spacial score (nSPS) is 10.4. The molecule has 2 aromatic carbocycles. The Labute approximate surface area is 149 Å². The van der Waals surface area contributed by atoms with Gasteiger partial charge in [-0.25, -0.2) is 4.39 Å². The van der Waals surface area contributed by atoms with Crippen molar-refractivity contribution in [1.82, 2.24) is 4.98 Å². The van der Waals surface area contributed by atoms with E-state index in [0.29, 0.717) is 22.0 Å². The first-order valence-corrected chi connectivity index (χ1v) is 7.94. The third kappa shape index (κ3) is 4.33. The fraction of sp³-hybridized carbons (Fsp3) is 0.0526. The number of carbonyl (C=O) groups excluding carboxylic acids is 1. The molecule has 0 spiro atoms. The van der Waals surface area contributed by atoms with Gasteiger partial charge in [0, 0.05) is 22.6 Å². The zero-order chi connectivity index (χ0) is 17.8. The van der Waals surface area contributed by atoms with Gasteiger partial charge in [-0.05, 0) is 55.0 Å². The van der Waals surface area contributed by atoms with Crippen LogP contribution in [0.3, 0.4) is 0 Å². The highest BCUT2D eigenvalue weighted by Crippen LogP contribution is 2.23. The first kappa shape index (κ1) is 16.9. The van der Waals surface area contributed by atoms with Gasteiger partial charge in [-0.2, -0.15) is 0 Å². The summed E-state index contributed by atoms with van der Waals surface area (Å²) in [7, 11) is 0. The zero-order valence-corrected chi connectivity index (χ0v) is 14.1. The van der Waals surface area contributed by atoms with Gasteiger partial charge < -0.3 is 10.6 Å². The van der Waals surface area contributed by atoms with Crippen molar-refractivity contribution in [3.05, 3.63) is 82.9 Å². The number of halogens is 2. The molecule has 0 unspecified atom stereocenters. The number of hydrogen-bond donors (Lipinski definition) is 2. The lowest BCUT2D eigenvalue weighted by molar-refractivity contribution is 0.102. The minimum absolute atomic E-state index is 0.362. The van der Waals surface area contributed by atoms with Crippen LogP contribution in [0.25, 0.3) is 0 Å². The summed E-state index contributed by atoms with van der Waals surface area (Å²) in [5, 5.41) is 6.51. The standard InChI is InChI=1S/C19H15ClFN3O/c1-12-7-14(20)5-6-18(12)23-17-8-13(10-22-11-17)19(25)24-16-4-2-3-15(21)9-16/h2-11,23H,1H3,(H,24,25). The monoisotopic (exact) mass is 355 g/mol. The number of rotatable bonds is 4. The van der Waals surface area contributed by atoms with E-state index in [2.05, 4.69) is 15.6 Å². The molecule has 126 valence electrons. The third-order valence-corrected chi connectivity index (χ3v) is 3.79. The van der Waals surface area contributed by atoms with Crippen molar-refractivity contribution in [2.75, 3.05) is 10.6 Å². The lowest BCUT2D eigenvalue weighted by Gasteiger charge is -2.11. The lowest BCUT2D eigenvalue weighted by atomic mass is 10.2. The predicted octanol–water partition coefficient (Wildman–Crippen LogP) is 5.18. The highest BCUT2D eigenvalue weighted by Gasteiger charge is 2.09. The molecule has 0 atom stereocenters. The zero-order valence-electron chi connectivity index (χ0n) is 13.4. The molecule has 6 heteroatoms. The van der Waals surface area contributed by atoms with Gasteiger partial charge in [0.25, 0.3) is 5.91 Å². The summed E-state index contributed by atoms with van der Waals surface area (Å²) in [6, 6.07) is 12.9. The van der Waals surface area contributed by atoms with E-state index in [4.69, 9.17) is 11.6 Å². The molecular weight excluding hydrogens is 341 g/mol. The summed E-state index contributed by atoms with van der Waals surface area (Å²) in [5.74, 6) is -0.779. The van der Waals surface area contributed by atoms with Crippen molar-refractivity contribution in [3.63, 3.8) is 0 Å². The molecular formula is C19H15ClFN3O. The Hall–Kier alpha value is -2.92. The van der Waals surface area contributed by atoms with E-state index in [1.807, 2.05) is 19.1 Å². The number of anilines is 3. The van der Waals surface area contributed by atoms with Crippen LogP contribution in [0.4, 0.5) is 21.5 Å². The summed E-state index contributed by atoms with van der Waals surface area (Å²) in [6.45, 7) is 1.93. The van der Waals surface area contributed by atoms with Crippen LogP contribution in [-0.4, -0.2) is 10.9 Å². The maximum absolute atomic E-state index is 13.2. The summed E-state index contributed by atoms with van der Waals surface area (Å²) < 4.78 is 13.2. The topological polar surface area (TPSA) is 54.0 Å². The van der Waals surface area contributed by atoms with E-state index in [0.717, 1.165) is 11.3 Å². The first-order chi connectivity index (χ1) is 12.0. The van der Waals surface area contributed by atoms with Gasteiger partial charge in [-0.3, -0.25) is 9.78 Å². The molecule has 3 rings (SSSR count). The fourth-order valence-corrected chi connectivity index (χ4v) is 2.55. The molecule has 1 heterocycles. The minimum Gasteiger partial charge on any atom is -0.354 e. The number of carbonyl (C=O) groups is 1. The highest BCUT2D eigenvalue weighted by molar-refractivity contribution is 6.30. The molecule has 0 fully saturated rings. The Morgan fingerprint density at radius 3 is 2.68 bits per heavy atom. The van der Waals surface area contributed by atoms with Gasteiger partial charge in [0.05, 0.1) is 17.4 Å². The van der Waals surface area contributed by atoms with Crippen molar-refractivity contribution in [2.45, 2.75) is 6.92 Å². The minimum atomic E-state index is -0.412. The Balaban J connectivity index is 1.77. The van der Waals surface area contributed by atoms with Crippen LogP contribution in [0.1, 0.15) is 15.9 Å². The number of pyridine rings is 1. The SMILES string of the molecule is Cc1cc(Cl)ccc1Nc1cncc(C(=O)Nc2cccc(F)c2)c1. The van der Waals surface area contributed by atoms with Gasteiger partial charge in [0.15, 0.2) is 0 Å². The van der Waals surface area contributed by atoms with Gasteiger partial charge in [0.2, 0.25) is 0 Å². The van der Waals surface area contributed by atoms with Crippen LogP contribution < -0.4 is 10.6 Å². The molecule has 0 saturated carbocycles. The van der Waals surface area contributed by atoms with Crippen molar-refractivity contribution in [3.8, 4) is 0 Å². The Morgan fingerprint density at radius 1 is 1.08 bits per heavy atom. The second kappa shape index (κ2) is 7.32. The van der Waals surface area contributed by atoms with Crippen molar-refractivity contribution >= 4 is 34.6 Å². The van der Waals surface area contributed by atoms with Gasteiger partial charge in [-0.1, -0.05) is 17.7 Å². The molecule has 1 aromatic heterocycles. The quantitative estimate of drug-likeness (QED) is 0.678. The van der Waals surface area contributed by atoms with Crippen LogP contribution in [-0.2, 0) is 0 Å². The van der Waals surface area contributed by atoms with Crippen LogP contribution in [0.2, 0.25) is 5.02 Å². The first-order valence-electron chi connectivity index (χ1n) is 7.56. The lowest BCUT2D eigenvalue weighted by Crippen LogP contribution is -2.12.